The molecule has 8 rings (SSSR count). The van der Waals surface area contributed by atoms with Gasteiger partial charge < -0.3 is 4.90 Å². The third kappa shape index (κ3) is 4.06. The minimum Gasteiger partial charge on any atom is -0.311 e. The summed E-state index contributed by atoms with van der Waals surface area (Å²) in [6.07, 6.45) is 4.02. The zero-order valence-electron chi connectivity index (χ0n) is 24.1. The summed E-state index contributed by atoms with van der Waals surface area (Å²) in [5, 5.41) is 5.86. The molecule has 0 saturated carbocycles. The van der Waals surface area contributed by atoms with Gasteiger partial charge in [0.15, 0.2) is 5.65 Å². The Hall–Kier alpha value is -5.48. The monoisotopic (exact) mass is 554 g/mol. The highest BCUT2D eigenvalue weighted by molar-refractivity contribution is 5.95. The maximum absolute atomic E-state index is 4.94. The Labute approximate surface area is 251 Å². The summed E-state index contributed by atoms with van der Waals surface area (Å²) in [5.41, 5.74) is 12.6. The lowest BCUT2D eigenvalue weighted by molar-refractivity contribution is 0.666. The van der Waals surface area contributed by atoms with Gasteiger partial charge >= 0.3 is 0 Å². The summed E-state index contributed by atoms with van der Waals surface area (Å²) in [4.78, 5) is 7.23. The number of pyridine rings is 1. The molecule has 43 heavy (non-hydrogen) atoms. The number of benzene rings is 5. The number of anilines is 3. The van der Waals surface area contributed by atoms with Crippen LogP contribution in [0.3, 0.4) is 0 Å². The molecule has 5 aromatic carbocycles. The minimum atomic E-state index is -0.162. The molecule has 0 radical (unpaired) electrons. The third-order valence-electron chi connectivity index (χ3n) is 8.69. The molecule has 1 aliphatic rings. The van der Waals surface area contributed by atoms with Gasteiger partial charge in [0.05, 0.1) is 11.9 Å². The number of rotatable bonds is 5. The second-order valence-electron chi connectivity index (χ2n) is 11.6. The first-order valence-corrected chi connectivity index (χ1v) is 14.7. The van der Waals surface area contributed by atoms with Crippen molar-refractivity contribution in [1.29, 1.82) is 0 Å². The van der Waals surface area contributed by atoms with Crippen molar-refractivity contribution in [3.8, 4) is 27.9 Å². The van der Waals surface area contributed by atoms with Crippen LogP contribution in [0.25, 0.3) is 39.0 Å². The van der Waals surface area contributed by atoms with E-state index in [1.165, 1.54) is 33.4 Å². The summed E-state index contributed by atoms with van der Waals surface area (Å²) < 4.78 is 1.94. The predicted octanol–water partition coefficient (Wildman–Crippen LogP) is 9.86. The van der Waals surface area contributed by atoms with Crippen LogP contribution in [0.1, 0.15) is 25.0 Å². The number of fused-ring (bicyclic) bond motifs is 5. The van der Waals surface area contributed by atoms with Crippen molar-refractivity contribution >= 4 is 28.1 Å². The molecule has 0 aliphatic heterocycles. The number of para-hydroxylation sites is 3. The third-order valence-corrected chi connectivity index (χ3v) is 8.69. The van der Waals surface area contributed by atoms with Crippen LogP contribution in [-0.2, 0) is 5.41 Å². The lowest BCUT2D eigenvalue weighted by atomic mass is 9.81. The van der Waals surface area contributed by atoms with Crippen molar-refractivity contribution in [3.05, 3.63) is 157 Å². The molecule has 0 unspecified atom stereocenters. The summed E-state index contributed by atoms with van der Waals surface area (Å²) in [7, 11) is 0. The van der Waals surface area contributed by atoms with Gasteiger partial charge in [-0.2, -0.15) is 5.10 Å². The van der Waals surface area contributed by atoms with E-state index >= 15 is 0 Å². The summed E-state index contributed by atoms with van der Waals surface area (Å²) in [6.45, 7) is 4.63. The van der Waals surface area contributed by atoms with Gasteiger partial charge in [0, 0.05) is 39.6 Å². The molecule has 1 aliphatic carbocycles. The first-order chi connectivity index (χ1) is 21.1. The molecule has 2 aromatic heterocycles. The normalized spacial score (nSPS) is 13.1. The molecule has 0 saturated heterocycles. The minimum absolute atomic E-state index is 0.162. The van der Waals surface area contributed by atoms with Crippen molar-refractivity contribution in [2.75, 3.05) is 4.90 Å². The SMILES string of the molecule is CC1(C)c2ccc(-c3ccc(N(c4ccccc4)c4ccccc4)cc3)cc2-c2cnc3c(cnn3-c3ccccc3)c21. The first kappa shape index (κ1) is 25.2. The Morgan fingerprint density at radius 3 is 1.81 bits per heavy atom. The van der Waals surface area contributed by atoms with Crippen molar-refractivity contribution in [2.45, 2.75) is 19.3 Å². The molecule has 0 amide bonds. The predicted molar refractivity (Wildman–Crippen MR) is 177 cm³/mol. The summed E-state index contributed by atoms with van der Waals surface area (Å²) in [5.74, 6) is 0. The fourth-order valence-corrected chi connectivity index (χ4v) is 6.64. The highest BCUT2D eigenvalue weighted by Crippen LogP contribution is 2.51. The van der Waals surface area contributed by atoms with Gasteiger partial charge in [0.1, 0.15) is 0 Å². The Bertz CT molecular complexity index is 2040. The zero-order chi connectivity index (χ0) is 29.0. The number of aromatic nitrogens is 3. The lowest BCUT2D eigenvalue weighted by Crippen LogP contribution is -2.15. The van der Waals surface area contributed by atoms with E-state index in [9.17, 15) is 0 Å². The molecular weight excluding hydrogens is 524 g/mol. The van der Waals surface area contributed by atoms with Gasteiger partial charge in [-0.15, -0.1) is 0 Å². The molecule has 2 heterocycles. The van der Waals surface area contributed by atoms with Crippen LogP contribution in [-0.4, -0.2) is 14.8 Å². The van der Waals surface area contributed by atoms with Gasteiger partial charge in [0.2, 0.25) is 0 Å². The van der Waals surface area contributed by atoms with E-state index < -0.39 is 0 Å². The van der Waals surface area contributed by atoms with E-state index in [4.69, 9.17) is 10.1 Å². The van der Waals surface area contributed by atoms with E-state index in [1.54, 1.807) is 0 Å². The molecule has 0 spiro atoms. The fourth-order valence-electron chi connectivity index (χ4n) is 6.64. The highest BCUT2D eigenvalue weighted by atomic mass is 15.3. The number of nitrogens with zero attached hydrogens (tertiary/aromatic N) is 4. The van der Waals surface area contributed by atoms with Crippen LogP contribution in [0.2, 0.25) is 0 Å². The standard InChI is InChI=1S/C39H30N4/c1-39(2)36-23-20-28(24-33(36)34-25-40-38-35(37(34)39)26-41-43(38)32-16-10-5-11-17-32)27-18-21-31(22-19-27)42(29-12-6-3-7-13-29)30-14-8-4-9-15-30/h3-26H,1-2H3. The van der Waals surface area contributed by atoms with Crippen LogP contribution in [0.5, 0.6) is 0 Å². The molecule has 7 aromatic rings. The maximum Gasteiger partial charge on any atom is 0.163 e. The van der Waals surface area contributed by atoms with Crippen molar-refractivity contribution < 1.29 is 0 Å². The number of hydrogen-bond acceptors (Lipinski definition) is 3. The van der Waals surface area contributed by atoms with Crippen molar-refractivity contribution in [1.82, 2.24) is 14.8 Å². The molecule has 4 nitrogen and oxygen atoms in total. The van der Waals surface area contributed by atoms with E-state index in [-0.39, 0.29) is 5.41 Å². The number of hydrogen-bond donors (Lipinski definition) is 0. The van der Waals surface area contributed by atoms with E-state index in [0.29, 0.717) is 0 Å². The van der Waals surface area contributed by atoms with Crippen LogP contribution in [0.4, 0.5) is 17.1 Å². The zero-order valence-corrected chi connectivity index (χ0v) is 24.1. The first-order valence-electron chi connectivity index (χ1n) is 14.7. The maximum atomic E-state index is 4.94. The van der Waals surface area contributed by atoms with Crippen molar-refractivity contribution in [2.24, 2.45) is 0 Å². The Morgan fingerprint density at radius 2 is 1.16 bits per heavy atom. The van der Waals surface area contributed by atoms with Crippen LogP contribution in [0.15, 0.2) is 146 Å². The fraction of sp³-hybridized carbons (Fsp3) is 0.0769. The Balaban J connectivity index is 1.19. The molecule has 0 N–H and O–H groups in total. The lowest BCUT2D eigenvalue weighted by Gasteiger charge is -2.25. The molecule has 0 atom stereocenters. The highest BCUT2D eigenvalue weighted by Gasteiger charge is 2.38. The van der Waals surface area contributed by atoms with Gasteiger partial charge in [-0.25, -0.2) is 9.67 Å². The Morgan fingerprint density at radius 1 is 0.581 bits per heavy atom. The van der Waals surface area contributed by atoms with Gasteiger partial charge in [-0.05, 0) is 82.4 Å². The van der Waals surface area contributed by atoms with Gasteiger partial charge in [0.25, 0.3) is 0 Å². The second kappa shape index (κ2) is 9.81. The van der Waals surface area contributed by atoms with Crippen LogP contribution >= 0.6 is 0 Å². The van der Waals surface area contributed by atoms with Crippen molar-refractivity contribution in [3.63, 3.8) is 0 Å². The average Bonchev–Trinajstić information content (AvgIpc) is 3.59. The molecular formula is C39H30N4. The Kier molecular flexibility index (Phi) is 5.76. The molecule has 0 fully saturated rings. The molecule has 206 valence electrons. The average molecular weight is 555 g/mol. The summed E-state index contributed by atoms with van der Waals surface area (Å²) in [6, 6.07) is 47.0. The van der Waals surface area contributed by atoms with Gasteiger partial charge in [-0.3, -0.25) is 0 Å². The smallest absolute Gasteiger partial charge is 0.163 e. The topological polar surface area (TPSA) is 34.0 Å². The molecule has 0 bridgehead atoms. The van der Waals surface area contributed by atoms with E-state index in [1.807, 2.05) is 35.3 Å². The van der Waals surface area contributed by atoms with Gasteiger partial charge in [-0.1, -0.05) is 92.7 Å². The second-order valence-corrected chi connectivity index (χ2v) is 11.6. The van der Waals surface area contributed by atoms with E-state index in [2.05, 4.69) is 134 Å². The quantitative estimate of drug-likeness (QED) is 0.212. The largest absolute Gasteiger partial charge is 0.311 e. The molecule has 4 heteroatoms. The summed E-state index contributed by atoms with van der Waals surface area (Å²) >= 11 is 0. The van der Waals surface area contributed by atoms with Crippen LogP contribution < -0.4 is 4.90 Å². The van der Waals surface area contributed by atoms with E-state index in [0.717, 1.165) is 33.8 Å². The van der Waals surface area contributed by atoms with Crippen LogP contribution in [0, 0.1) is 0 Å².